The van der Waals surface area contributed by atoms with Crippen molar-refractivity contribution in [2.24, 2.45) is 0 Å². The highest BCUT2D eigenvalue weighted by molar-refractivity contribution is 6.05. The van der Waals surface area contributed by atoms with Gasteiger partial charge in [0.15, 0.2) is 5.82 Å². The fourth-order valence-corrected chi connectivity index (χ4v) is 6.76. The average molecular weight is 665 g/mol. The first kappa shape index (κ1) is 31.0. The Bertz CT molecular complexity index is 2560. The lowest BCUT2D eigenvalue weighted by Crippen LogP contribution is -1.95. The predicted octanol–water partition coefficient (Wildman–Crippen LogP) is 12.1. The van der Waals surface area contributed by atoms with Crippen LogP contribution in [0.1, 0.15) is 0 Å². The molecule has 0 fully saturated rings. The van der Waals surface area contributed by atoms with E-state index < -0.39 is 0 Å². The van der Waals surface area contributed by atoms with E-state index in [1.165, 1.54) is 27.5 Å². The number of rotatable bonds is 7. The molecule has 0 bridgehead atoms. The van der Waals surface area contributed by atoms with Crippen LogP contribution in [-0.2, 0) is 0 Å². The van der Waals surface area contributed by atoms with Gasteiger partial charge in [-0.05, 0) is 62.9 Å². The second-order valence-corrected chi connectivity index (χ2v) is 12.7. The van der Waals surface area contributed by atoms with Crippen LogP contribution in [-0.4, -0.2) is 19.9 Å². The summed E-state index contributed by atoms with van der Waals surface area (Å²) in [5.74, 6) is 0.714. The summed E-state index contributed by atoms with van der Waals surface area (Å²) in [5.41, 5.74) is 13.6. The molecular weight excluding hydrogens is 633 g/mol. The highest BCUT2D eigenvalue weighted by Gasteiger charge is 2.13. The molecule has 0 aliphatic heterocycles. The Labute approximate surface area is 302 Å². The number of hydrogen-bond acceptors (Lipinski definition) is 4. The summed E-state index contributed by atoms with van der Waals surface area (Å²) >= 11 is 0. The molecule has 0 saturated carbocycles. The SMILES string of the molecule is c1ccc(-c2cc(-c3ccc(-c4ccc(-c5ccc(-c6ccc(-c7ccccn7)nc6)cc5)c5ccccc45)cc3)nc(-c3ccccc3)n2)cc1. The number of benzene rings is 6. The van der Waals surface area contributed by atoms with Gasteiger partial charge in [0.25, 0.3) is 0 Å². The molecular formula is C48H32N4. The van der Waals surface area contributed by atoms with Gasteiger partial charge >= 0.3 is 0 Å². The molecule has 4 heteroatoms. The second kappa shape index (κ2) is 13.7. The molecule has 9 aromatic rings. The Kier molecular flexibility index (Phi) is 8.16. The standard InChI is InChI=1S/C48H32N4/c1-3-11-36(12-4-1)46-31-47(52-48(51-46)38-13-5-2-6-14-38)37-24-22-35(23-25-37)41-28-27-40(42-15-7-8-16-43(41)42)34-20-18-33(19-21-34)39-26-29-45(50-32-39)44-17-9-10-30-49-44/h1-32H. The van der Waals surface area contributed by atoms with Gasteiger partial charge in [0.05, 0.1) is 22.8 Å². The summed E-state index contributed by atoms with van der Waals surface area (Å²) in [4.78, 5) is 19.1. The number of aromatic nitrogens is 4. The second-order valence-electron chi connectivity index (χ2n) is 12.7. The molecule has 9 rings (SSSR count). The zero-order valence-corrected chi connectivity index (χ0v) is 28.3. The minimum atomic E-state index is 0.714. The minimum Gasteiger partial charge on any atom is -0.255 e. The van der Waals surface area contributed by atoms with E-state index in [1.807, 2.05) is 66.9 Å². The molecule has 4 nitrogen and oxygen atoms in total. The predicted molar refractivity (Wildman–Crippen MR) is 213 cm³/mol. The maximum absolute atomic E-state index is 5.02. The molecule has 0 aliphatic carbocycles. The van der Waals surface area contributed by atoms with Gasteiger partial charge in [-0.25, -0.2) is 9.97 Å². The monoisotopic (exact) mass is 664 g/mol. The van der Waals surface area contributed by atoms with Crippen molar-refractivity contribution in [3.05, 3.63) is 194 Å². The molecule has 6 aromatic carbocycles. The third-order valence-electron chi connectivity index (χ3n) is 9.46. The summed E-state index contributed by atoms with van der Waals surface area (Å²) in [5, 5.41) is 2.43. The summed E-state index contributed by atoms with van der Waals surface area (Å²) in [7, 11) is 0. The lowest BCUT2D eigenvalue weighted by atomic mass is 9.91. The van der Waals surface area contributed by atoms with Gasteiger partial charge in [0, 0.05) is 34.6 Å². The van der Waals surface area contributed by atoms with Gasteiger partial charge in [-0.3, -0.25) is 9.97 Å². The highest BCUT2D eigenvalue weighted by atomic mass is 14.9. The maximum Gasteiger partial charge on any atom is 0.160 e. The van der Waals surface area contributed by atoms with Crippen LogP contribution in [0, 0.1) is 0 Å². The Morgan fingerprint density at radius 2 is 0.769 bits per heavy atom. The van der Waals surface area contributed by atoms with E-state index in [4.69, 9.17) is 9.97 Å². The minimum absolute atomic E-state index is 0.714. The van der Waals surface area contributed by atoms with Gasteiger partial charge in [-0.15, -0.1) is 0 Å². The molecule has 52 heavy (non-hydrogen) atoms. The number of hydrogen-bond donors (Lipinski definition) is 0. The van der Waals surface area contributed by atoms with Gasteiger partial charge < -0.3 is 0 Å². The first-order valence-electron chi connectivity index (χ1n) is 17.4. The van der Waals surface area contributed by atoms with Crippen molar-refractivity contribution >= 4 is 10.8 Å². The van der Waals surface area contributed by atoms with Crippen LogP contribution in [0.25, 0.3) is 89.4 Å². The smallest absolute Gasteiger partial charge is 0.160 e. The fraction of sp³-hybridized carbons (Fsp3) is 0. The summed E-state index contributed by atoms with van der Waals surface area (Å²) in [6.07, 6.45) is 3.71. The lowest BCUT2D eigenvalue weighted by Gasteiger charge is -2.13. The normalized spacial score (nSPS) is 11.1. The third kappa shape index (κ3) is 6.14. The van der Waals surface area contributed by atoms with E-state index in [1.54, 1.807) is 6.20 Å². The van der Waals surface area contributed by atoms with E-state index in [-0.39, 0.29) is 0 Å². The molecule has 0 atom stereocenters. The molecule has 3 aromatic heterocycles. The van der Waals surface area contributed by atoms with Gasteiger partial charge in [0.1, 0.15) is 0 Å². The zero-order valence-electron chi connectivity index (χ0n) is 28.3. The Morgan fingerprint density at radius 1 is 0.288 bits per heavy atom. The van der Waals surface area contributed by atoms with Crippen LogP contribution in [0.3, 0.4) is 0 Å². The van der Waals surface area contributed by atoms with Gasteiger partial charge in [-0.1, -0.05) is 158 Å². The molecule has 0 radical (unpaired) electrons. The molecule has 0 spiro atoms. The first-order chi connectivity index (χ1) is 25.8. The first-order valence-corrected chi connectivity index (χ1v) is 17.4. The molecule has 244 valence electrons. The average Bonchev–Trinajstić information content (AvgIpc) is 3.24. The van der Waals surface area contributed by atoms with E-state index >= 15 is 0 Å². The van der Waals surface area contributed by atoms with Crippen LogP contribution in [0.5, 0.6) is 0 Å². The van der Waals surface area contributed by atoms with Crippen molar-refractivity contribution in [2.45, 2.75) is 0 Å². The van der Waals surface area contributed by atoms with Crippen molar-refractivity contribution in [3.63, 3.8) is 0 Å². The highest BCUT2D eigenvalue weighted by Crippen LogP contribution is 2.37. The quantitative estimate of drug-likeness (QED) is 0.170. The Hall–Kier alpha value is -7.04. The van der Waals surface area contributed by atoms with E-state index in [2.05, 4.69) is 131 Å². The van der Waals surface area contributed by atoms with E-state index in [0.717, 1.165) is 56.2 Å². The van der Waals surface area contributed by atoms with Crippen LogP contribution in [0.2, 0.25) is 0 Å². The van der Waals surface area contributed by atoms with Crippen molar-refractivity contribution < 1.29 is 0 Å². The largest absolute Gasteiger partial charge is 0.255 e. The van der Waals surface area contributed by atoms with Crippen molar-refractivity contribution in [2.75, 3.05) is 0 Å². The lowest BCUT2D eigenvalue weighted by molar-refractivity contribution is 1.18. The topological polar surface area (TPSA) is 51.6 Å². The number of nitrogens with zero attached hydrogens (tertiary/aromatic N) is 4. The molecule has 0 unspecified atom stereocenters. The third-order valence-corrected chi connectivity index (χ3v) is 9.46. The molecule has 0 N–H and O–H groups in total. The summed E-state index contributed by atoms with van der Waals surface area (Å²) < 4.78 is 0. The molecule has 0 amide bonds. The van der Waals surface area contributed by atoms with Gasteiger partial charge in [-0.2, -0.15) is 0 Å². The van der Waals surface area contributed by atoms with Crippen molar-refractivity contribution in [1.82, 2.24) is 19.9 Å². The van der Waals surface area contributed by atoms with E-state index in [0.29, 0.717) is 5.82 Å². The molecule has 0 saturated heterocycles. The fourth-order valence-electron chi connectivity index (χ4n) is 6.76. The summed E-state index contributed by atoms with van der Waals surface area (Å²) in [6.45, 7) is 0. The Balaban J connectivity index is 1.02. The van der Waals surface area contributed by atoms with Crippen molar-refractivity contribution in [1.29, 1.82) is 0 Å². The number of pyridine rings is 2. The van der Waals surface area contributed by atoms with Crippen LogP contribution < -0.4 is 0 Å². The van der Waals surface area contributed by atoms with Crippen LogP contribution >= 0.6 is 0 Å². The maximum atomic E-state index is 5.02. The van der Waals surface area contributed by atoms with Crippen molar-refractivity contribution in [3.8, 4) is 78.7 Å². The Morgan fingerprint density at radius 3 is 1.33 bits per heavy atom. The van der Waals surface area contributed by atoms with Gasteiger partial charge in [0.2, 0.25) is 0 Å². The molecule has 3 heterocycles. The number of fused-ring (bicyclic) bond motifs is 1. The zero-order chi connectivity index (χ0) is 34.7. The van der Waals surface area contributed by atoms with Crippen LogP contribution in [0.15, 0.2) is 194 Å². The summed E-state index contributed by atoms with van der Waals surface area (Å²) in [6, 6.07) is 63.2. The van der Waals surface area contributed by atoms with E-state index in [9.17, 15) is 0 Å². The van der Waals surface area contributed by atoms with Crippen LogP contribution in [0.4, 0.5) is 0 Å². The molecule has 0 aliphatic rings.